The van der Waals surface area contributed by atoms with Crippen molar-refractivity contribution in [1.82, 2.24) is 4.90 Å². The summed E-state index contributed by atoms with van der Waals surface area (Å²) >= 11 is 6.26. The highest BCUT2D eigenvalue weighted by Crippen LogP contribution is 2.23. The van der Waals surface area contributed by atoms with E-state index in [-0.39, 0.29) is 23.4 Å². The third kappa shape index (κ3) is 5.96. The lowest BCUT2D eigenvalue weighted by Crippen LogP contribution is -2.30. The Morgan fingerprint density at radius 3 is 2.28 bits per heavy atom. The van der Waals surface area contributed by atoms with Crippen LogP contribution in [0.2, 0.25) is 5.02 Å². The number of hydrogen-bond acceptors (Lipinski definition) is 4. The molecule has 2 aromatic rings. The summed E-state index contributed by atoms with van der Waals surface area (Å²) in [5, 5.41) is 5.55. The first-order valence-electron chi connectivity index (χ1n) is 9.33. The van der Waals surface area contributed by atoms with Crippen LogP contribution in [0.4, 0.5) is 16.2 Å². The number of rotatable bonds is 7. The number of hydrogen-bond donors (Lipinski definition) is 2. The molecule has 0 heterocycles. The fourth-order valence-corrected chi connectivity index (χ4v) is 2.94. The van der Waals surface area contributed by atoms with Gasteiger partial charge in [-0.1, -0.05) is 17.7 Å². The summed E-state index contributed by atoms with van der Waals surface area (Å²) in [5.74, 6) is -0.535. The molecule has 0 bridgehead atoms. The molecule has 0 aliphatic carbocycles. The normalized spacial score (nSPS) is 10.2. The first-order valence-corrected chi connectivity index (χ1v) is 9.71. The van der Waals surface area contributed by atoms with Gasteiger partial charge in [-0.25, -0.2) is 4.79 Å². The van der Waals surface area contributed by atoms with Gasteiger partial charge in [0.15, 0.2) is 0 Å². The van der Waals surface area contributed by atoms with Crippen LogP contribution in [-0.4, -0.2) is 42.5 Å². The maximum Gasteiger partial charge on any atom is 0.411 e. The molecule has 0 aromatic heterocycles. The summed E-state index contributed by atoms with van der Waals surface area (Å²) in [6.07, 6.45) is -0.592. The minimum Gasteiger partial charge on any atom is -0.450 e. The minimum absolute atomic E-state index is 0.157. The van der Waals surface area contributed by atoms with Crippen LogP contribution in [0, 0.1) is 0 Å². The zero-order chi connectivity index (χ0) is 21.4. The molecule has 154 valence electrons. The fourth-order valence-electron chi connectivity index (χ4n) is 2.67. The molecule has 0 saturated heterocycles. The van der Waals surface area contributed by atoms with E-state index in [0.717, 1.165) is 0 Å². The van der Waals surface area contributed by atoms with E-state index in [2.05, 4.69) is 10.6 Å². The van der Waals surface area contributed by atoms with Gasteiger partial charge >= 0.3 is 6.09 Å². The van der Waals surface area contributed by atoms with Crippen LogP contribution < -0.4 is 10.6 Å². The second kappa shape index (κ2) is 10.5. The lowest BCUT2D eigenvalue weighted by Gasteiger charge is -2.19. The molecule has 0 fully saturated rings. The number of halogens is 1. The molecule has 0 unspecified atom stereocenters. The van der Waals surface area contributed by atoms with Crippen molar-refractivity contribution < 1.29 is 19.1 Å². The molecular weight excluding hydrogens is 394 g/mol. The van der Waals surface area contributed by atoms with Crippen molar-refractivity contribution >= 4 is 40.9 Å². The number of nitrogens with zero attached hydrogens (tertiary/aromatic N) is 1. The van der Waals surface area contributed by atoms with E-state index in [9.17, 15) is 14.4 Å². The molecule has 2 N–H and O–H groups in total. The molecule has 2 aromatic carbocycles. The molecule has 29 heavy (non-hydrogen) atoms. The molecule has 0 atom stereocenters. The number of carbonyl (C=O) groups excluding carboxylic acids is 3. The molecule has 8 heteroatoms. The highest BCUT2D eigenvalue weighted by molar-refractivity contribution is 6.34. The van der Waals surface area contributed by atoms with Gasteiger partial charge < -0.3 is 15.0 Å². The molecule has 7 nitrogen and oxygen atoms in total. The average Bonchev–Trinajstić information content (AvgIpc) is 2.69. The molecule has 0 aliphatic rings. The van der Waals surface area contributed by atoms with Crippen molar-refractivity contribution in [3.8, 4) is 0 Å². The number of benzene rings is 2. The number of nitrogens with one attached hydrogen (secondary N) is 2. The predicted molar refractivity (Wildman–Crippen MR) is 114 cm³/mol. The number of carbonyl (C=O) groups is 3. The Balaban J connectivity index is 2.12. The molecule has 2 rings (SSSR count). The van der Waals surface area contributed by atoms with Crippen LogP contribution in [0.25, 0.3) is 0 Å². The lowest BCUT2D eigenvalue weighted by molar-refractivity contribution is 0.0773. The minimum atomic E-state index is -0.592. The van der Waals surface area contributed by atoms with Crippen molar-refractivity contribution in [1.29, 1.82) is 0 Å². The summed E-state index contributed by atoms with van der Waals surface area (Å²) < 4.78 is 4.82. The largest absolute Gasteiger partial charge is 0.450 e. The molecule has 0 radical (unpaired) electrons. The zero-order valence-corrected chi connectivity index (χ0v) is 17.4. The Morgan fingerprint density at radius 2 is 1.66 bits per heavy atom. The number of anilines is 2. The van der Waals surface area contributed by atoms with Gasteiger partial charge in [-0.05, 0) is 57.2 Å². The molecule has 3 amide bonds. The fraction of sp³-hybridized carbons (Fsp3) is 0.286. The second-order valence-electron chi connectivity index (χ2n) is 6.05. The van der Waals surface area contributed by atoms with Crippen LogP contribution in [-0.2, 0) is 4.74 Å². The second-order valence-corrected chi connectivity index (χ2v) is 6.46. The Morgan fingerprint density at radius 1 is 0.966 bits per heavy atom. The van der Waals surface area contributed by atoms with Gasteiger partial charge in [-0.3, -0.25) is 14.9 Å². The van der Waals surface area contributed by atoms with E-state index in [1.54, 1.807) is 42.2 Å². The number of ether oxygens (including phenoxy) is 1. The predicted octanol–water partition coefficient (Wildman–Crippen LogP) is 4.64. The Labute approximate surface area is 175 Å². The van der Waals surface area contributed by atoms with Crippen molar-refractivity contribution in [3.05, 3.63) is 58.6 Å². The van der Waals surface area contributed by atoms with Gasteiger partial charge in [0.05, 0.1) is 17.2 Å². The maximum atomic E-state index is 12.5. The first kappa shape index (κ1) is 22.2. The molecule has 0 spiro atoms. The van der Waals surface area contributed by atoms with Crippen molar-refractivity contribution in [2.24, 2.45) is 0 Å². The summed E-state index contributed by atoms with van der Waals surface area (Å²) in [6.45, 7) is 6.92. The molecular formula is C21H24ClN3O4. The van der Waals surface area contributed by atoms with Crippen LogP contribution in [0.3, 0.4) is 0 Å². The molecule has 0 aliphatic heterocycles. The smallest absolute Gasteiger partial charge is 0.411 e. The van der Waals surface area contributed by atoms with E-state index >= 15 is 0 Å². The van der Waals surface area contributed by atoms with Crippen LogP contribution in [0.1, 0.15) is 41.5 Å². The topological polar surface area (TPSA) is 87.7 Å². The standard InChI is InChI=1S/C21H24ClN3O4/c1-4-25(5-2)20(27)17-11-10-16(13-18(17)22)23-19(26)14-8-7-9-15(12-14)24-21(28)29-6-3/h7-13H,4-6H2,1-3H3,(H,23,26)(H,24,28). The summed E-state index contributed by atoms with van der Waals surface area (Å²) in [4.78, 5) is 38.2. The monoisotopic (exact) mass is 417 g/mol. The maximum absolute atomic E-state index is 12.5. The molecule has 0 saturated carbocycles. The van der Waals surface area contributed by atoms with Crippen LogP contribution in [0.15, 0.2) is 42.5 Å². The summed E-state index contributed by atoms with van der Waals surface area (Å²) in [6, 6.07) is 11.2. The lowest BCUT2D eigenvalue weighted by atomic mass is 10.1. The highest BCUT2D eigenvalue weighted by atomic mass is 35.5. The van der Waals surface area contributed by atoms with Crippen molar-refractivity contribution in [2.45, 2.75) is 20.8 Å². The Hall–Kier alpha value is -3.06. The summed E-state index contributed by atoms with van der Waals surface area (Å²) in [5.41, 5.74) is 1.63. The van der Waals surface area contributed by atoms with Gasteiger partial charge in [0.2, 0.25) is 0 Å². The van der Waals surface area contributed by atoms with Gasteiger partial charge in [0.25, 0.3) is 11.8 Å². The number of amides is 3. The van der Waals surface area contributed by atoms with Gasteiger partial charge in [-0.2, -0.15) is 0 Å². The van der Waals surface area contributed by atoms with E-state index in [0.29, 0.717) is 35.6 Å². The summed E-state index contributed by atoms with van der Waals surface area (Å²) in [7, 11) is 0. The van der Waals surface area contributed by atoms with Gasteiger partial charge in [0.1, 0.15) is 0 Å². The van der Waals surface area contributed by atoms with E-state index in [1.165, 1.54) is 12.1 Å². The highest BCUT2D eigenvalue weighted by Gasteiger charge is 2.17. The van der Waals surface area contributed by atoms with E-state index < -0.39 is 6.09 Å². The van der Waals surface area contributed by atoms with Crippen molar-refractivity contribution in [2.75, 3.05) is 30.3 Å². The van der Waals surface area contributed by atoms with Gasteiger partial charge in [0, 0.05) is 30.0 Å². The van der Waals surface area contributed by atoms with Crippen LogP contribution in [0.5, 0.6) is 0 Å². The third-order valence-corrected chi connectivity index (χ3v) is 4.47. The zero-order valence-electron chi connectivity index (χ0n) is 16.6. The van der Waals surface area contributed by atoms with E-state index in [4.69, 9.17) is 16.3 Å². The third-order valence-electron chi connectivity index (χ3n) is 4.15. The quantitative estimate of drug-likeness (QED) is 0.686. The average molecular weight is 418 g/mol. The SMILES string of the molecule is CCOC(=O)Nc1cccc(C(=O)Nc2ccc(C(=O)N(CC)CC)c(Cl)c2)c1. The van der Waals surface area contributed by atoms with Crippen molar-refractivity contribution in [3.63, 3.8) is 0 Å². The Kier molecular flexibility index (Phi) is 8.03. The van der Waals surface area contributed by atoms with Crippen LogP contribution >= 0.6 is 11.6 Å². The first-order chi connectivity index (χ1) is 13.9. The Bertz CT molecular complexity index is 897. The van der Waals surface area contributed by atoms with Gasteiger partial charge in [-0.15, -0.1) is 0 Å². The van der Waals surface area contributed by atoms with E-state index in [1.807, 2.05) is 13.8 Å².